The minimum absolute atomic E-state index is 0.0929. The molecule has 2 saturated heterocycles. The van der Waals surface area contributed by atoms with Gasteiger partial charge in [-0.2, -0.15) is 8.78 Å². The quantitative estimate of drug-likeness (QED) is 0.197. The van der Waals surface area contributed by atoms with E-state index in [-0.39, 0.29) is 34.1 Å². The minimum atomic E-state index is -2.28. The van der Waals surface area contributed by atoms with Crippen LogP contribution in [0, 0.1) is 29.1 Å². The number of nitrogens with one attached hydrogen (secondary N) is 1. The molecule has 6 nitrogen and oxygen atoms in total. The maximum atomic E-state index is 13.9. The Bertz CT molecular complexity index is 1190. The summed E-state index contributed by atoms with van der Waals surface area (Å²) in [6, 6.07) is 4.60. The molecule has 2 heterocycles. The molecule has 1 unspecified atom stereocenters. The van der Waals surface area contributed by atoms with Crippen LogP contribution in [-0.2, 0) is 16.1 Å². The van der Waals surface area contributed by atoms with Crippen LogP contribution < -0.4 is 14.8 Å². The molecule has 35 heavy (non-hydrogen) atoms. The first kappa shape index (κ1) is 24.9. The molecule has 0 aromatic heterocycles. The molecule has 12 heteroatoms. The normalized spacial score (nSPS) is 19.0. The largest absolute Gasteiger partial charge is 0.496 e. The van der Waals surface area contributed by atoms with Crippen molar-refractivity contribution in [2.45, 2.75) is 25.6 Å². The van der Waals surface area contributed by atoms with Gasteiger partial charge in [0.25, 0.3) is 5.91 Å². The predicted molar refractivity (Wildman–Crippen MR) is 118 cm³/mol. The number of hydrogen-bond acceptors (Lipinski definition) is 5. The number of amides is 1. The van der Waals surface area contributed by atoms with Crippen molar-refractivity contribution in [2.75, 3.05) is 20.3 Å². The van der Waals surface area contributed by atoms with E-state index < -0.39 is 41.4 Å². The fraction of sp³-hybridized carbons (Fsp3) is 0.304. The third-order valence-corrected chi connectivity index (χ3v) is 5.85. The number of rotatable bonds is 7. The number of halogens is 5. The molecule has 0 bridgehead atoms. The first-order chi connectivity index (χ1) is 16.7. The number of carbonyl (C=O) groups is 1. The highest BCUT2D eigenvalue weighted by Crippen LogP contribution is 2.31. The molecule has 186 valence electrons. The molecule has 0 spiro atoms. The van der Waals surface area contributed by atoms with Crippen LogP contribution in [0.4, 0.5) is 22.0 Å². The summed E-state index contributed by atoms with van der Waals surface area (Å²) < 4.78 is 83.8. The van der Waals surface area contributed by atoms with Crippen molar-refractivity contribution in [1.29, 1.82) is 0 Å². The van der Waals surface area contributed by atoms with Gasteiger partial charge in [0.1, 0.15) is 18.1 Å². The van der Waals surface area contributed by atoms with E-state index in [4.69, 9.17) is 26.4 Å². The van der Waals surface area contributed by atoms with Gasteiger partial charge in [-0.3, -0.25) is 9.69 Å². The van der Waals surface area contributed by atoms with Gasteiger partial charge in [0.2, 0.25) is 29.1 Å². The van der Waals surface area contributed by atoms with Gasteiger partial charge >= 0.3 is 0 Å². The lowest BCUT2D eigenvalue weighted by Gasteiger charge is -2.18. The summed E-state index contributed by atoms with van der Waals surface area (Å²) in [5.74, 6) is -12.2. The average Bonchev–Trinajstić information content (AvgIpc) is 3.46. The molecule has 0 aliphatic carbocycles. The molecule has 1 N–H and O–H groups in total. The SMILES string of the molecule is COc1ccc(/C=C2/NC(=S)N(CC3CCCO3)C2=O)cc1COc1c(F)c(F)c(F)c(F)c1F. The van der Waals surface area contributed by atoms with E-state index in [0.29, 0.717) is 18.7 Å². The highest BCUT2D eigenvalue weighted by Gasteiger charge is 2.33. The summed E-state index contributed by atoms with van der Waals surface area (Å²) >= 11 is 5.26. The first-order valence-electron chi connectivity index (χ1n) is 10.5. The van der Waals surface area contributed by atoms with Gasteiger partial charge in [-0.25, -0.2) is 13.2 Å². The van der Waals surface area contributed by atoms with Crippen LogP contribution in [0.3, 0.4) is 0 Å². The molecule has 2 aromatic rings. The third kappa shape index (κ3) is 4.94. The molecule has 2 aliphatic heterocycles. The monoisotopic (exact) mass is 514 g/mol. The van der Waals surface area contributed by atoms with Gasteiger partial charge in [0.15, 0.2) is 10.9 Å². The number of carbonyl (C=O) groups excluding carboxylic acids is 1. The van der Waals surface area contributed by atoms with E-state index in [2.05, 4.69) is 5.32 Å². The van der Waals surface area contributed by atoms with Crippen molar-refractivity contribution in [2.24, 2.45) is 0 Å². The highest BCUT2D eigenvalue weighted by atomic mass is 32.1. The zero-order chi connectivity index (χ0) is 25.3. The van der Waals surface area contributed by atoms with Crippen LogP contribution in [0.15, 0.2) is 23.9 Å². The second kappa shape index (κ2) is 10.2. The van der Waals surface area contributed by atoms with E-state index in [9.17, 15) is 26.7 Å². The van der Waals surface area contributed by atoms with Gasteiger partial charge < -0.3 is 19.5 Å². The Morgan fingerprint density at radius 3 is 2.46 bits per heavy atom. The molecular formula is C23H19F5N2O4S. The van der Waals surface area contributed by atoms with Gasteiger partial charge in [-0.1, -0.05) is 6.07 Å². The fourth-order valence-corrected chi connectivity index (χ4v) is 4.03. The van der Waals surface area contributed by atoms with E-state index in [1.807, 2.05) is 0 Å². The van der Waals surface area contributed by atoms with Crippen molar-refractivity contribution in [1.82, 2.24) is 10.2 Å². The Morgan fingerprint density at radius 1 is 1.14 bits per heavy atom. The Morgan fingerprint density at radius 2 is 1.83 bits per heavy atom. The lowest BCUT2D eigenvalue weighted by atomic mass is 10.1. The molecule has 2 aliphatic rings. The summed E-state index contributed by atoms with van der Waals surface area (Å²) in [7, 11) is 1.33. The molecule has 1 amide bonds. The molecule has 4 rings (SSSR count). The summed E-state index contributed by atoms with van der Waals surface area (Å²) in [4.78, 5) is 14.2. The number of benzene rings is 2. The van der Waals surface area contributed by atoms with Gasteiger partial charge in [-0.15, -0.1) is 0 Å². The third-order valence-electron chi connectivity index (χ3n) is 5.53. The van der Waals surface area contributed by atoms with Crippen molar-refractivity contribution in [3.05, 3.63) is 64.1 Å². The fourth-order valence-electron chi connectivity index (χ4n) is 3.76. The Labute approximate surface area is 202 Å². The number of hydrogen-bond donors (Lipinski definition) is 1. The molecule has 0 radical (unpaired) electrons. The summed E-state index contributed by atoms with van der Waals surface area (Å²) in [6.07, 6.45) is 3.16. The minimum Gasteiger partial charge on any atom is -0.496 e. The van der Waals surface area contributed by atoms with Crippen LogP contribution in [0.5, 0.6) is 11.5 Å². The predicted octanol–water partition coefficient (Wildman–Crippen LogP) is 4.21. The molecule has 0 saturated carbocycles. The van der Waals surface area contributed by atoms with E-state index in [0.717, 1.165) is 12.8 Å². The zero-order valence-electron chi connectivity index (χ0n) is 18.3. The summed E-state index contributed by atoms with van der Waals surface area (Å²) in [6.45, 7) is 0.381. The Balaban J connectivity index is 1.55. The van der Waals surface area contributed by atoms with Gasteiger partial charge in [0.05, 0.1) is 19.8 Å². The van der Waals surface area contributed by atoms with Crippen molar-refractivity contribution in [3.8, 4) is 11.5 Å². The van der Waals surface area contributed by atoms with Crippen molar-refractivity contribution in [3.63, 3.8) is 0 Å². The first-order valence-corrected chi connectivity index (χ1v) is 10.9. The van der Waals surface area contributed by atoms with E-state index >= 15 is 0 Å². The van der Waals surface area contributed by atoms with E-state index in [1.54, 1.807) is 6.07 Å². The topological polar surface area (TPSA) is 60.0 Å². The van der Waals surface area contributed by atoms with E-state index in [1.165, 1.54) is 30.2 Å². The number of methoxy groups -OCH3 is 1. The van der Waals surface area contributed by atoms with Crippen LogP contribution in [-0.4, -0.2) is 42.3 Å². The number of ether oxygens (including phenoxy) is 3. The number of nitrogens with zero attached hydrogens (tertiary/aromatic N) is 1. The Kier molecular flexibility index (Phi) is 7.22. The average molecular weight is 514 g/mol. The van der Waals surface area contributed by atoms with Crippen LogP contribution in [0.1, 0.15) is 24.0 Å². The maximum absolute atomic E-state index is 13.9. The zero-order valence-corrected chi connectivity index (χ0v) is 19.1. The van der Waals surface area contributed by atoms with Crippen LogP contribution >= 0.6 is 12.2 Å². The van der Waals surface area contributed by atoms with Gasteiger partial charge in [-0.05, 0) is 48.8 Å². The van der Waals surface area contributed by atoms with Crippen molar-refractivity contribution < 1.29 is 41.0 Å². The molecular weight excluding hydrogens is 495 g/mol. The number of thiocarbonyl (C=S) groups is 1. The van der Waals surface area contributed by atoms with Crippen LogP contribution in [0.2, 0.25) is 0 Å². The standard InChI is InChI=1S/C23H19F5N2O4S/c1-32-15-5-4-11(8-14-22(31)30(23(35)29-14)9-13-3-2-6-33-13)7-12(15)10-34-21-19(27)17(25)16(24)18(26)20(21)28/h4-5,7-8,13H,2-3,6,9-10H2,1H3,(H,29,35)/b14-8+. The molecule has 2 aromatic carbocycles. The Hall–Kier alpha value is -3.25. The summed E-state index contributed by atoms with van der Waals surface area (Å²) in [5.41, 5.74) is 0.902. The lowest BCUT2D eigenvalue weighted by molar-refractivity contribution is -0.123. The maximum Gasteiger partial charge on any atom is 0.276 e. The second-order valence-corrected chi connectivity index (χ2v) is 8.18. The van der Waals surface area contributed by atoms with Crippen LogP contribution in [0.25, 0.3) is 6.08 Å². The summed E-state index contributed by atoms with van der Waals surface area (Å²) in [5, 5.41) is 3.08. The second-order valence-electron chi connectivity index (χ2n) is 7.80. The molecule has 2 fully saturated rings. The van der Waals surface area contributed by atoms with Gasteiger partial charge in [0, 0.05) is 12.2 Å². The lowest BCUT2D eigenvalue weighted by Crippen LogP contribution is -2.37. The highest BCUT2D eigenvalue weighted by molar-refractivity contribution is 7.80. The smallest absolute Gasteiger partial charge is 0.276 e. The molecule has 1 atom stereocenters. The van der Waals surface area contributed by atoms with Crippen molar-refractivity contribution >= 4 is 29.3 Å².